The fourth-order valence-corrected chi connectivity index (χ4v) is 2.58. The Morgan fingerprint density at radius 1 is 1.03 bits per heavy atom. The Bertz CT molecular complexity index is 901. The zero-order valence-electron chi connectivity index (χ0n) is 16.1. The van der Waals surface area contributed by atoms with Gasteiger partial charge >= 0.3 is 5.97 Å². The van der Waals surface area contributed by atoms with E-state index in [0.717, 1.165) is 5.56 Å². The maximum atomic E-state index is 11.9. The number of esters is 1. The van der Waals surface area contributed by atoms with Crippen LogP contribution in [-0.4, -0.2) is 39.5 Å². The van der Waals surface area contributed by atoms with E-state index >= 15 is 0 Å². The molecule has 3 rings (SSSR count). The van der Waals surface area contributed by atoms with E-state index < -0.39 is 11.9 Å². The summed E-state index contributed by atoms with van der Waals surface area (Å²) in [7, 11) is 3.08. The van der Waals surface area contributed by atoms with Crippen molar-refractivity contribution in [3.05, 3.63) is 53.6 Å². The lowest BCUT2D eigenvalue weighted by molar-refractivity contribution is -0.143. The predicted molar refractivity (Wildman–Crippen MR) is 104 cm³/mol. The number of amides is 1. The summed E-state index contributed by atoms with van der Waals surface area (Å²) < 4.78 is 25.8. The zero-order chi connectivity index (χ0) is 20.6. The number of benzene rings is 2. The molecule has 0 bridgehead atoms. The molecule has 0 spiro atoms. The van der Waals surface area contributed by atoms with Crippen LogP contribution < -0.4 is 24.3 Å². The summed E-state index contributed by atoms with van der Waals surface area (Å²) in [5.41, 5.74) is 1.55. The molecule has 8 heteroatoms. The van der Waals surface area contributed by atoms with Gasteiger partial charge in [-0.25, -0.2) is 4.79 Å². The van der Waals surface area contributed by atoms with Gasteiger partial charge in [-0.15, -0.1) is 0 Å². The van der Waals surface area contributed by atoms with E-state index in [2.05, 4.69) is 5.32 Å². The minimum Gasteiger partial charge on any atom is -0.497 e. The molecule has 0 aromatic heterocycles. The zero-order valence-corrected chi connectivity index (χ0v) is 16.1. The van der Waals surface area contributed by atoms with Crippen molar-refractivity contribution in [1.29, 1.82) is 0 Å². The highest BCUT2D eigenvalue weighted by atomic mass is 16.7. The molecule has 2 aromatic carbocycles. The number of fused-ring (bicyclic) bond motifs is 1. The van der Waals surface area contributed by atoms with Gasteiger partial charge in [-0.2, -0.15) is 0 Å². The van der Waals surface area contributed by atoms with Crippen molar-refractivity contribution in [2.75, 3.05) is 27.6 Å². The Labute approximate surface area is 168 Å². The number of hydrogen-bond acceptors (Lipinski definition) is 7. The van der Waals surface area contributed by atoms with E-state index in [1.54, 1.807) is 50.6 Å². The summed E-state index contributed by atoms with van der Waals surface area (Å²) in [6, 6.07) is 10.6. The molecule has 0 aliphatic carbocycles. The second-order valence-corrected chi connectivity index (χ2v) is 6.05. The lowest BCUT2D eigenvalue weighted by Crippen LogP contribution is -2.28. The summed E-state index contributed by atoms with van der Waals surface area (Å²) in [6.07, 6.45) is 2.79. The average molecular weight is 399 g/mol. The molecule has 0 radical (unpaired) electrons. The highest BCUT2D eigenvalue weighted by Crippen LogP contribution is 2.32. The second kappa shape index (κ2) is 9.50. The molecule has 0 fully saturated rings. The smallest absolute Gasteiger partial charge is 0.331 e. The highest BCUT2D eigenvalue weighted by Gasteiger charge is 2.13. The molecule has 8 nitrogen and oxygen atoms in total. The van der Waals surface area contributed by atoms with Gasteiger partial charge in [0.05, 0.1) is 14.2 Å². The summed E-state index contributed by atoms with van der Waals surface area (Å²) in [6.45, 7) is 0.0960. The summed E-state index contributed by atoms with van der Waals surface area (Å²) in [5, 5.41) is 2.68. The minimum atomic E-state index is -0.634. The van der Waals surface area contributed by atoms with Crippen LogP contribution in [0.1, 0.15) is 11.1 Å². The molecular formula is C21H21NO7. The van der Waals surface area contributed by atoms with Crippen LogP contribution in [0.5, 0.6) is 23.0 Å². The van der Waals surface area contributed by atoms with Crippen molar-refractivity contribution in [1.82, 2.24) is 5.32 Å². The third-order valence-corrected chi connectivity index (χ3v) is 4.06. The molecule has 152 valence electrons. The summed E-state index contributed by atoms with van der Waals surface area (Å²) in [5.74, 6) is 1.47. The summed E-state index contributed by atoms with van der Waals surface area (Å²) >= 11 is 0. The molecule has 1 amide bonds. The molecule has 1 aliphatic heterocycles. The lowest BCUT2D eigenvalue weighted by Gasteiger charge is -2.07. The van der Waals surface area contributed by atoms with E-state index in [9.17, 15) is 9.59 Å². The van der Waals surface area contributed by atoms with Gasteiger partial charge in [0.25, 0.3) is 5.91 Å². The molecule has 29 heavy (non-hydrogen) atoms. The highest BCUT2D eigenvalue weighted by molar-refractivity contribution is 5.89. The number of ether oxygens (including phenoxy) is 5. The normalized spacial score (nSPS) is 11.9. The first-order chi connectivity index (χ1) is 14.1. The van der Waals surface area contributed by atoms with Gasteiger partial charge in [0.2, 0.25) is 6.79 Å². The van der Waals surface area contributed by atoms with Gasteiger partial charge in [0.15, 0.2) is 18.1 Å². The van der Waals surface area contributed by atoms with E-state index in [0.29, 0.717) is 28.6 Å². The minimum absolute atomic E-state index is 0.192. The Hall–Kier alpha value is -3.68. The van der Waals surface area contributed by atoms with Crippen molar-refractivity contribution in [3.8, 4) is 23.0 Å². The third kappa shape index (κ3) is 5.65. The topological polar surface area (TPSA) is 92.3 Å². The van der Waals surface area contributed by atoms with Crippen molar-refractivity contribution in [2.45, 2.75) is 6.54 Å². The van der Waals surface area contributed by atoms with E-state index in [4.69, 9.17) is 23.7 Å². The molecule has 0 saturated heterocycles. The van der Waals surface area contributed by atoms with E-state index in [1.165, 1.54) is 6.08 Å². The molecule has 2 aromatic rings. The number of methoxy groups -OCH3 is 2. The number of nitrogens with one attached hydrogen (secondary N) is 1. The van der Waals surface area contributed by atoms with Crippen LogP contribution in [0, 0.1) is 0 Å². The van der Waals surface area contributed by atoms with Crippen molar-refractivity contribution in [3.63, 3.8) is 0 Å². The van der Waals surface area contributed by atoms with Crippen LogP contribution in [0.2, 0.25) is 0 Å². The molecular weight excluding hydrogens is 378 g/mol. The van der Waals surface area contributed by atoms with Crippen molar-refractivity contribution < 1.29 is 33.3 Å². The van der Waals surface area contributed by atoms with Gasteiger partial charge in [0.1, 0.15) is 11.5 Å². The molecule has 1 aliphatic rings. The van der Waals surface area contributed by atoms with E-state index in [-0.39, 0.29) is 19.9 Å². The molecule has 1 heterocycles. The first-order valence-corrected chi connectivity index (χ1v) is 8.80. The lowest BCUT2D eigenvalue weighted by atomic mass is 10.2. The van der Waals surface area contributed by atoms with Gasteiger partial charge < -0.3 is 29.0 Å². The van der Waals surface area contributed by atoms with Gasteiger partial charge in [-0.05, 0) is 41.5 Å². The first kappa shape index (κ1) is 20.1. The van der Waals surface area contributed by atoms with E-state index in [1.807, 2.05) is 6.07 Å². The number of hydrogen-bond donors (Lipinski definition) is 1. The quantitative estimate of drug-likeness (QED) is 0.538. The Morgan fingerprint density at radius 3 is 2.48 bits per heavy atom. The van der Waals surface area contributed by atoms with Gasteiger partial charge in [-0.3, -0.25) is 4.79 Å². The SMILES string of the molecule is COc1cc(/C=C/C(=O)OCC(=O)NCc2ccc3c(c2)OCO3)cc(OC)c1. The Kier molecular flexibility index (Phi) is 6.57. The molecule has 0 saturated carbocycles. The van der Waals surface area contributed by atoms with Gasteiger partial charge in [0, 0.05) is 18.7 Å². The third-order valence-electron chi connectivity index (χ3n) is 4.06. The molecule has 1 N–H and O–H groups in total. The van der Waals surface area contributed by atoms with Crippen LogP contribution >= 0.6 is 0 Å². The Morgan fingerprint density at radius 2 is 1.76 bits per heavy atom. The Balaban J connectivity index is 1.45. The number of rotatable bonds is 8. The fourth-order valence-electron chi connectivity index (χ4n) is 2.58. The predicted octanol–water partition coefficient (Wildman–Crippen LogP) is 2.31. The maximum absolute atomic E-state index is 11.9. The number of carbonyl (C=O) groups excluding carboxylic acids is 2. The molecule has 0 atom stereocenters. The monoisotopic (exact) mass is 399 g/mol. The van der Waals surface area contributed by atoms with Crippen LogP contribution in [0.4, 0.5) is 0 Å². The largest absolute Gasteiger partial charge is 0.497 e. The van der Waals surface area contributed by atoms with Crippen molar-refractivity contribution >= 4 is 18.0 Å². The summed E-state index contributed by atoms with van der Waals surface area (Å²) in [4.78, 5) is 23.7. The van der Waals surface area contributed by atoms with Gasteiger partial charge in [-0.1, -0.05) is 6.07 Å². The van der Waals surface area contributed by atoms with Crippen LogP contribution in [0.15, 0.2) is 42.5 Å². The number of carbonyl (C=O) groups is 2. The average Bonchev–Trinajstić information content (AvgIpc) is 3.22. The fraction of sp³-hybridized carbons (Fsp3) is 0.238. The maximum Gasteiger partial charge on any atom is 0.331 e. The van der Waals surface area contributed by atoms with Crippen LogP contribution in [0.25, 0.3) is 6.08 Å². The van der Waals surface area contributed by atoms with Crippen LogP contribution in [-0.2, 0) is 20.9 Å². The van der Waals surface area contributed by atoms with Crippen molar-refractivity contribution in [2.24, 2.45) is 0 Å². The first-order valence-electron chi connectivity index (χ1n) is 8.80. The standard InChI is InChI=1S/C21H21NO7/c1-25-16-7-14(8-17(10-16)26-2)4-6-21(24)27-12-20(23)22-11-15-3-5-18-19(9-15)29-13-28-18/h3-10H,11-13H2,1-2H3,(H,22,23)/b6-4+. The van der Waals surface area contributed by atoms with Crippen LogP contribution in [0.3, 0.4) is 0 Å². The second-order valence-electron chi connectivity index (χ2n) is 6.05. The molecule has 0 unspecified atom stereocenters.